The Hall–Kier alpha value is -0.830. The lowest BCUT2D eigenvalue weighted by Crippen LogP contribution is -1.76. The Morgan fingerprint density at radius 2 is 2.17 bits per heavy atom. The molecule has 0 amide bonds. The van der Waals surface area contributed by atoms with Gasteiger partial charge in [-0.15, -0.1) is 0 Å². The van der Waals surface area contributed by atoms with Crippen molar-refractivity contribution in [3.63, 3.8) is 0 Å². The smallest absolute Gasteiger partial charge is 0.290 e. The van der Waals surface area contributed by atoms with Crippen LogP contribution in [-0.2, 0) is 10.1 Å². The van der Waals surface area contributed by atoms with Crippen molar-refractivity contribution in [2.75, 3.05) is 0 Å². The first-order valence-electron chi connectivity index (χ1n) is 3.44. The summed E-state index contributed by atoms with van der Waals surface area (Å²) in [6, 6.07) is 8.47. The second-order valence-corrected chi connectivity index (χ2v) is 2.79. The molecule has 0 radical (unpaired) electrons. The van der Waals surface area contributed by atoms with Crippen LogP contribution >= 0.6 is 15.9 Å². The standard InChI is InChI=1S/C8H9Br.CH2O2/c1-7-3-2-4-8(5-7)6-9;2-1-3/h2-5H,6H2,1H3;1H,(H,2,3). The molecule has 1 aromatic carbocycles. The van der Waals surface area contributed by atoms with E-state index in [4.69, 9.17) is 9.90 Å². The number of benzene rings is 1. The zero-order valence-electron chi connectivity index (χ0n) is 6.83. The molecule has 0 aromatic heterocycles. The maximum atomic E-state index is 8.36. The van der Waals surface area contributed by atoms with Gasteiger partial charge in [-0.1, -0.05) is 45.8 Å². The van der Waals surface area contributed by atoms with Crippen molar-refractivity contribution < 1.29 is 9.90 Å². The molecule has 0 spiro atoms. The summed E-state index contributed by atoms with van der Waals surface area (Å²) >= 11 is 3.39. The van der Waals surface area contributed by atoms with Crippen LogP contribution in [0.5, 0.6) is 0 Å². The fourth-order valence-corrected chi connectivity index (χ4v) is 1.14. The molecule has 0 aliphatic heterocycles. The minimum Gasteiger partial charge on any atom is -0.483 e. The van der Waals surface area contributed by atoms with Crippen LogP contribution in [0.25, 0.3) is 0 Å². The topological polar surface area (TPSA) is 37.3 Å². The maximum Gasteiger partial charge on any atom is 0.290 e. The Bertz CT molecular complexity index is 236. The molecule has 0 heterocycles. The van der Waals surface area contributed by atoms with Gasteiger partial charge in [0.2, 0.25) is 0 Å². The van der Waals surface area contributed by atoms with Gasteiger partial charge in [0.15, 0.2) is 0 Å². The third-order valence-electron chi connectivity index (χ3n) is 1.24. The van der Waals surface area contributed by atoms with Gasteiger partial charge in [0.25, 0.3) is 6.47 Å². The van der Waals surface area contributed by atoms with E-state index < -0.39 is 0 Å². The normalized spacial score (nSPS) is 8.17. The highest BCUT2D eigenvalue weighted by Gasteiger charge is 1.86. The van der Waals surface area contributed by atoms with Crippen LogP contribution in [0.15, 0.2) is 24.3 Å². The van der Waals surface area contributed by atoms with Crippen LogP contribution in [0.2, 0.25) is 0 Å². The highest BCUT2D eigenvalue weighted by Crippen LogP contribution is 2.06. The predicted octanol–water partition coefficient (Wildman–Crippen LogP) is 2.59. The van der Waals surface area contributed by atoms with Crippen LogP contribution in [-0.4, -0.2) is 11.6 Å². The fourth-order valence-electron chi connectivity index (χ4n) is 0.795. The quantitative estimate of drug-likeness (QED) is 0.595. The lowest BCUT2D eigenvalue weighted by Gasteiger charge is -1.94. The highest BCUT2D eigenvalue weighted by molar-refractivity contribution is 9.08. The van der Waals surface area contributed by atoms with Crippen molar-refractivity contribution in [2.24, 2.45) is 0 Å². The monoisotopic (exact) mass is 230 g/mol. The van der Waals surface area contributed by atoms with Crippen LogP contribution in [0.4, 0.5) is 0 Å². The van der Waals surface area contributed by atoms with Gasteiger partial charge in [0.1, 0.15) is 0 Å². The van der Waals surface area contributed by atoms with Crippen molar-refractivity contribution >= 4 is 22.4 Å². The largest absolute Gasteiger partial charge is 0.483 e. The van der Waals surface area contributed by atoms with Crippen molar-refractivity contribution in [2.45, 2.75) is 12.3 Å². The van der Waals surface area contributed by atoms with Gasteiger partial charge < -0.3 is 5.11 Å². The molecule has 12 heavy (non-hydrogen) atoms. The molecule has 0 fully saturated rings. The van der Waals surface area contributed by atoms with Crippen molar-refractivity contribution in [3.05, 3.63) is 35.4 Å². The van der Waals surface area contributed by atoms with E-state index in [1.165, 1.54) is 11.1 Å². The number of aryl methyl sites for hydroxylation is 1. The summed E-state index contributed by atoms with van der Waals surface area (Å²) < 4.78 is 0. The molecule has 0 saturated carbocycles. The fraction of sp³-hybridized carbons (Fsp3) is 0.222. The van der Waals surface area contributed by atoms with E-state index in [1.54, 1.807) is 0 Å². The second-order valence-electron chi connectivity index (χ2n) is 2.23. The van der Waals surface area contributed by atoms with E-state index in [2.05, 4.69) is 47.1 Å². The lowest BCUT2D eigenvalue weighted by atomic mass is 10.2. The summed E-state index contributed by atoms with van der Waals surface area (Å²) in [5, 5.41) is 7.84. The summed E-state index contributed by atoms with van der Waals surface area (Å²) in [5.41, 5.74) is 2.67. The molecule has 1 N–H and O–H groups in total. The molecule has 66 valence electrons. The molecule has 0 unspecified atom stereocenters. The van der Waals surface area contributed by atoms with Crippen LogP contribution in [0.1, 0.15) is 11.1 Å². The Balaban J connectivity index is 0.000000354. The van der Waals surface area contributed by atoms with Gasteiger partial charge in [0, 0.05) is 5.33 Å². The van der Waals surface area contributed by atoms with Crippen molar-refractivity contribution in [3.8, 4) is 0 Å². The van der Waals surface area contributed by atoms with Crippen molar-refractivity contribution in [1.29, 1.82) is 0 Å². The lowest BCUT2D eigenvalue weighted by molar-refractivity contribution is -0.122. The SMILES string of the molecule is Cc1cccc(CBr)c1.O=CO. The van der Waals surface area contributed by atoms with Crippen molar-refractivity contribution in [1.82, 2.24) is 0 Å². The number of carbonyl (C=O) groups is 1. The summed E-state index contributed by atoms with van der Waals surface area (Å²) in [5.74, 6) is 0. The molecule has 1 rings (SSSR count). The Morgan fingerprint density at radius 3 is 2.50 bits per heavy atom. The molecular formula is C9H11BrO2. The van der Waals surface area contributed by atoms with Gasteiger partial charge in [0.05, 0.1) is 0 Å². The van der Waals surface area contributed by atoms with Crippen LogP contribution in [0.3, 0.4) is 0 Å². The van der Waals surface area contributed by atoms with Gasteiger partial charge in [-0.05, 0) is 12.5 Å². The van der Waals surface area contributed by atoms with Gasteiger partial charge in [-0.2, -0.15) is 0 Å². The number of carboxylic acid groups (broad SMARTS) is 1. The average molecular weight is 231 g/mol. The maximum absolute atomic E-state index is 8.36. The van der Waals surface area contributed by atoms with Crippen LogP contribution < -0.4 is 0 Å². The summed E-state index contributed by atoms with van der Waals surface area (Å²) in [7, 11) is 0. The van der Waals surface area contributed by atoms with E-state index in [1.807, 2.05) is 0 Å². The number of halogens is 1. The van der Waals surface area contributed by atoms with E-state index in [9.17, 15) is 0 Å². The Morgan fingerprint density at radius 1 is 1.58 bits per heavy atom. The summed E-state index contributed by atoms with van der Waals surface area (Å²) in [4.78, 5) is 8.36. The number of hydrogen-bond donors (Lipinski definition) is 1. The molecule has 0 aliphatic rings. The highest BCUT2D eigenvalue weighted by atomic mass is 79.9. The number of hydrogen-bond acceptors (Lipinski definition) is 1. The van der Waals surface area contributed by atoms with E-state index in [0.717, 1.165) is 5.33 Å². The van der Waals surface area contributed by atoms with Gasteiger partial charge in [-0.25, -0.2) is 0 Å². The molecule has 0 aliphatic carbocycles. The molecule has 0 bridgehead atoms. The third kappa shape index (κ3) is 4.91. The summed E-state index contributed by atoms with van der Waals surface area (Å²) in [6.45, 7) is 1.85. The molecular weight excluding hydrogens is 220 g/mol. The molecule has 1 aromatic rings. The van der Waals surface area contributed by atoms with Crippen LogP contribution in [0, 0.1) is 6.92 Å². The predicted molar refractivity (Wildman–Crippen MR) is 52.5 cm³/mol. The summed E-state index contributed by atoms with van der Waals surface area (Å²) in [6.07, 6.45) is 0. The van der Waals surface area contributed by atoms with Gasteiger partial charge in [-0.3, -0.25) is 4.79 Å². The van der Waals surface area contributed by atoms with Gasteiger partial charge >= 0.3 is 0 Å². The molecule has 0 atom stereocenters. The Kier molecular flexibility index (Phi) is 6.38. The van der Waals surface area contributed by atoms with E-state index in [-0.39, 0.29) is 6.47 Å². The first-order valence-corrected chi connectivity index (χ1v) is 4.56. The Labute approximate surface area is 80.4 Å². The minimum absolute atomic E-state index is 0.250. The first-order chi connectivity index (χ1) is 5.74. The average Bonchev–Trinajstić information content (AvgIpc) is 2.06. The zero-order valence-corrected chi connectivity index (χ0v) is 8.41. The number of alkyl halides is 1. The van der Waals surface area contributed by atoms with E-state index in [0.29, 0.717) is 0 Å². The second kappa shape index (κ2) is 6.85. The van der Waals surface area contributed by atoms with E-state index >= 15 is 0 Å². The molecule has 2 nitrogen and oxygen atoms in total. The third-order valence-corrected chi connectivity index (χ3v) is 1.88. The minimum atomic E-state index is -0.250. The zero-order chi connectivity index (χ0) is 9.40. The number of rotatable bonds is 1. The molecule has 0 saturated heterocycles. The molecule has 3 heteroatoms. The first kappa shape index (κ1) is 11.2.